The van der Waals surface area contributed by atoms with Gasteiger partial charge in [-0.2, -0.15) is 5.26 Å². The smallest absolute Gasteiger partial charge is 0.234 e. The summed E-state index contributed by atoms with van der Waals surface area (Å²) in [5.41, 5.74) is 4.57. The standard InChI is InChI=1S/C26H17Br2N3OS/c27-19-11-12-23(22(28)13-19)30-25(32)16-33-26-21(15-29)20(17-7-3-1-4-8-17)14-24(31-26)18-9-5-2-6-10-18/h1-14H,16H2,(H,30,32). The van der Waals surface area contributed by atoms with Crippen LogP contribution in [0.15, 0.2) is 98.9 Å². The van der Waals surface area contributed by atoms with E-state index in [1.54, 1.807) is 0 Å². The summed E-state index contributed by atoms with van der Waals surface area (Å²) in [6.45, 7) is 0. The van der Waals surface area contributed by atoms with Gasteiger partial charge in [0.25, 0.3) is 0 Å². The summed E-state index contributed by atoms with van der Waals surface area (Å²) >= 11 is 8.12. The maximum absolute atomic E-state index is 12.7. The minimum atomic E-state index is -0.180. The van der Waals surface area contributed by atoms with Crippen LogP contribution >= 0.6 is 43.6 Å². The molecule has 4 aromatic rings. The van der Waals surface area contributed by atoms with E-state index in [9.17, 15) is 10.1 Å². The van der Waals surface area contributed by atoms with E-state index >= 15 is 0 Å². The van der Waals surface area contributed by atoms with Crippen LogP contribution in [-0.4, -0.2) is 16.6 Å². The number of rotatable bonds is 6. The molecule has 7 heteroatoms. The van der Waals surface area contributed by atoms with Crippen molar-refractivity contribution >= 4 is 55.2 Å². The van der Waals surface area contributed by atoms with Gasteiger partial charge in [0.15, 0.2) is 0 Å². The van der Waals surface area contributed by atoms with Gasteiger partial charge < -0.3 is 5.32 Å². The molecule has 1 heterocycles. The molecule has 4 nitrogen and oxygen atoms in total. The summed E-state index contributed by atoms with van der Waals surface area (Å²) in [6.07, 6.45) is 0. The lowest BCUT2D eigenvalue weighted by Crippen LogP contribution is -2.14. The summed E-state index contributed by atoms with van der Waals surface area (Å²) in [5.74, 6) is -0.0588. The second-order valence-electron chi connectivity index (χ2n) is 7.04. The number of amides is 1. The van der Waals surface area contributed by atoms with E-state index in [0.717, 1.165) is 31.3 Å². The van der Waals surface area contributed by atoms with Crippen molar-refractivity contribution in [1.29, 1.82) is 5.26 Å². The zero-order chi connectivity index (χ0) is 23.2. The lowest BCUT2D eigenvalue weighted by molar-refractivity contribution is -0.113. The molecule has 3 aromatic carbocycles. The van der Waals surface area contributed by atoms with Crippen LogP contribution in [0.3, 0.4) is 0 Å². The molecule has 0 fully saturated rings. The number of thioether (sulfide) groups is 1. The van der Waals surface area contributed by atoms with Gasteiger partial charge in [0, 0.05) is 20.1 Å². The van der Waals surface area contributed by atoms with E-state index in [1.165, 1.54) is 11.8 Å². The highest BCUT2D eigenvalue weighted by atomic mass is 79.9. The highest BCUT2D eigenvalue weighted by Crippen LogP contribution is 2.34. The van der Waals surface area contributed by atoms with Crippen molar-refractivity contribution in [2.24, 2.45) is 0 Å². The van der Waals surface area contributed by atoms with Crippen LogP contribution in [0.5, 0.6) is 0 Å². The highest BCUT2D eigenvalue weighted by molar-refractivity contribution is 9.11. The number of pyridine rings is 1. The molecule has 0 spiro atoms. The SMILES string of the molecule is N#Cc1c(-c2ccccc2)cc(-c2ccccc2)nc1SCC(=O)Nc1ccc(Br)cc1Br. The Morgan fingerprint density at radius 2 is 1.61 bits per heavy atom. The fraction of sp³-hybridized carbons (Fsp3) is 0.0385. The van der Waals surface area contributed by atoms with Crippen LogP contribution < -0.4 is 5.32 Å². The molecule has 0 saturated heterocycles. The maximum atomic E-state index is 12.7. The quantitative estimate of drug-likeness (QED) is 0.240. The third-order valence-corrected chi connectivity index (χ3v) is 6.92. The van der Waals surface area contributed by atoms with Gasteiger partial charge in [-0.05, 0) is 45.8 Å². The Morgan fingerprint density at radius 3 is 2.24 bits per heavy atom. The molecule has 0 aliphatic carbocycles. The maximum Gasteiger partial charge on any atom is 0.234 e. The average Bonchev–Trinajstić information content (AvgIpc) is 2.85. The van der Waals surface area contributed by atoms with Gasteiger partial charge >= 0.3 is 0 Å². The Labute approximate surface area is 213 Å². The number of carbonyl (C=O) groups excluding carboxylic acids is 1. The number of nitriles is 1. The van der Waals surface area contributed by atoms with Crippen molar-refractivity contribution in [3.63, 3.8) is 0 Å². The van der Waals surface area contributed by atoms with Crippen molar-refractivity contribution in [2.75, 3.05) is 11.1 Å². The predicted octanol–water partition coefficient (Wildman–Crippen LogP) is 7.54. The van der Waals surface area contributed by atoms with Crippen molar-refractivity contribution < 1.29 is 4.79 Å². The summed E-state index contributed by atoms with van der Waals surface area (Å²) in [7, 11) is 0. The van der Waals surface area contributed by atoms with Crippen LogP contribution in [0.2, 0.25) is 0 Å². The molecule has 0 aliphatic rings. The zero-order valence-corrected chi connectivity index (χ0v) is 21.2. The molecular weight excluding hydrogens is 562 g/mol. The van der Waals surface area contributed by atoms with Crippen molar-refractivity contribution in [3.05, 3.63) is 99.4 Å². The van der Waals surface area contributed by atoms with Crippen molar-refractivity contribution in [2.45, 2.75) is 5.03 Å². The van der Waals surface area contributed by atoms with Gasteiger partial charge in [-0.3, -0.25) is 4.79 Å². The summed E-state index contributed by atoms with van der Waals surface area (Å²) in [5, 5.41) is 13.4. The van der Waals surface area contributed by atoms with E-state index in [4.69, 9.17) is 4.98 Å². The molecule has 33 heavy (non-hydrogen) atoms. The first-order valence-electron chi connectivity index (χ1n) is 9.99. The largest absolute Gasteiger partial charge is 0.324 e. The number of halogens is 2. The van der Waals surface area contributed by atoms with Crippen LogP contribution in [0.4, 0.5) is 5.69 Å². The number of benzene rings is 3. The Hall–Kier alpha value is -2.92. The number of anilines is 1. The molecule has 0 radical (unpaired) electrons. The Bertz CT molecular complexity index is 1340. The molecule has 1 N–H and O–H groups in total. The first-order chi connectivity index (χ1) is 16.0. The van der Waals surface area contributed by atoms with E-state index in [-0.39, 0.29) is 11.7 Å². The van der Waals surface area contributed by atoms with Crippen LogP contribution in [0, 0.1) is 11.3 Å². The number of hydrogen-bond donors (Lipinski definition) is 1. The fourth-order valence-electron chi connectivity index (χ4n) is 3.25. The highest BCUT2D eigenvalue weighted by Gasteiger charge is 2.17. The van der Waals surface area contributed by atoms with Gasteiger partial charge in [0.05, 0.1) is 22.7 Å². The van der Waals surface area contributed by atoms with E-state index < -0.39 is 0 Å². The third kappa shape index (κ3) is 5.72. The Balaban J connectivity index is 1.66. The minimum absolute atomic E-state index is 0.122. The fourth-order valence-corrected chi connectivity index (χ4v) is 5.20. The van der Waals surface area contributed by atoms with Gasteiger partial charge in [-0.1, -0.05) is 88.4 Å². The van der Waals surface area contributed by atoms with E-state index in [1.807, 2.05) is 84.9 Å². The lowest BCUT2D eigenvalue weighted by atomic mass is 9.99. The second kappa shape index (κ2) is 10.8. The molecule has 4 rings (SSSR count). The lowest BCUT2D eigenvalue weighted by Gasteiger charge is -2.13. The molecule has 0 atom stereocenters. The molecule has 0 aliphatic heterocycles. The number of aromatic nitrogens is 1. The van der Waals surface area contributed by atoms with Crippen molar-refractivity contribution in [1.82, 2.24) is 4.98 Å². The predicted molar refractivity (Wildman–Crippen MR) is 141 cm³/mol. The van der Waals surface area contributed by atoms with Gasteiger partial charge in [0.1, 0.15) is 11.1 Å². The summed E-state index contributed by atoms with van der Waals surface area (Å²) < 4.78 is 1.69. The van der Waals surface area contributed by atoms with E-state index in [2.05, 4.69) is 43.2 Å². The number of nitrogens with zero attached hydrogens (tertiary/aromatic N) is 2. The Kier molecular flexibility index (Phi) is 7.61. The van der Waals surface area contributed by atoms with Crippen LogP contribution in [0.25, 0.3) is 22.4 Å². The monoisotopic (exact) mass is 577 g/mol. The van der Waals surface area contributed by atoms with Crippen LogP contribution in [0.1, 0.15) is 5.56 Å². The average molecular weight is 579 g/mol. The van der Waals surface area contributed by atoms with Crippen molar-refractivity contribution in [3.8, 4) is 28.5 Å². The topological polar surface area (TPSA) is 65.8 Å². The van der Waals surface area contributed by atoms with Gasteiger partial charge in [-0.25, -0.2) is 4.98 Å². The molecule has 0 unspecified atom stereocenters. The first kappa shape index (κ1) is 23.2. The molecule has 162 valence electrons. The van der Waals surface area contributed by atoms with Crippen LogP contribution in [-0.2, 0) is 4.79 Å². The summed E-state index contributed by atoms with van der Waals surface area (Å²) in [4.78, 5) is 17.4. The summed E-state index contributed by atoms with van der Waals surface area (Å²) in [6, 6.07) is 29.4. The number of carbonyl (C=O) groups is 1. The number of hydrogen-bond acceptors (Lipinski definition) is 4. The van der Waals surface area contributed by atoms with E-state index in [0.29, 0.717) is 16.3 Å². The van der Waals surface area contributed by atoms with Gasteiger partial charge in [0.2, 0.25) is 5.91 Å². The Morgan fingerprint density at radius 1 is 0.939 bits per heavy atom. The molecule has 1 amide bonds. The zero-order valence-electron chi connectivity index (χ0n) is 17.3. The molecular formula is C26H17Br2N3OS. The third-order valence-electron chi connectivity index (χ3n) is 4.80. The molecule has 0 saturated carbocycles. The molecule has 0 bridgehead atoms. The second-order valence-corrected chi connectivity index (χ2v) is 9.77. The number of nitrogens with one attached hydrogen (secondary N) is 1. The van der Waals surface area contributed by atoms with Gasteiger partial charge in [-0.15, -0.1) is 0 Å². The minimum Gasteiger partial charge on any atom is -0.324 e. The molecule has 1 aromatic heterocycles. The normalized spacial score (nSPS) is 10.5. The first-order valence-corrected chi connectivity index (χ1v) is 12.6.